The van der Waals surface area contributed by atoms with Crippen molar-refractivity contribution in [1.82, 2.24) is 15.0 Å². The molecule has 0 spiro atoms. The lowest BCUT2D eigenvalue weighted by molar-refractivity contribution is 0.0655. The highest BCUT2D eigenvalue weighted by atomic mass is 16.5. The Labute approximate surface area is 201 Å². The third-order valence-electron chi connectivity index (χ3n) is 6.93. The molecule has 9 nitrogen and oxygen atoms in total. The van der Waals surface area contributed by atoms with Gasteiger partial charge in [-0.3, -0.25) is 9.78 Å². The minimum absolute atomic E-state index is 0.0918. The highest BCUT2D eigenvalue weighted by Gasteiger charge is 2.25. The van der Waals surface area contributed by atoms with Crippen molar-refractivity contribution in [1.29, 1.82) is 0 Å². The van der Waals surface area contributed by atoms with Gasteiger partial charge in [0.05, 0.1) is 6.10 Å². The molecule has 184 valence electrons. The second kappa shape index (κ2) is 10.7. The number of hydrogen-bond acceptors (Lipinski definition) is 8. The largest absolute Gasteiger partial charge is 0.381 e. The molecule has 4 rings (SSSR count). The molecule has 34 heavy (non-hydrogen) atoms. The number of nitrogens with one attached hydrogen (secondary N) is 1. The summed E-state index contributed by atoms with van der Waals surface area (Å²) < 4.78 is 5.54. The fourth-order valence-electron chi connectivity index (χ4n) is 4.87. The highest BCUT2D eigenvalue weighted by Crippen LogP contribution is 2.35. The Hall–Kier alpha value is -2.78. The van der Waals surface area contributed by atoms with Crippen LogP contribution in [-0.4, -0.2) is 53.2 Å². The molecule has 1 unspecified atom stereocenters. The molecule has 2 aliphatic rings. The van der Waals surface area contributed by atoms with E-state index in [9.17, 15) is 4.79 Å². The van der Waals surface area contributed by atoms with Crippen LogP contribution in [0.15, 0.2) is 18.3 Å². The number of hydrogen-bond donors (Lipinski definition) is 3. The van der Waals surface area contributed by atoms with Gasteiger partial charge in [-0.2, -0.15) is 4.98 Å². The Bertz CT molecular complexity index is 1000. The summed E-state index contributed by atoms with van der Waals surface area (Å²) in [4.78, 5) is 28.3. The normalized spacial score (nSPS) is 23.2. The number of ether oxygens (including phenoxy) is 1. The predicted molar refractivity (Wildman–Crippen MR) is 134 cm³/mol. The smallest absolute Gasteiger partial charge is 0.254 e. The zero-order valence-electron chi connectivity index (χ0n) is 20.5. The zero-order valence-corrected chi connectivity index (χ0v) is 20.5. The highest BCUT2D eigenvalue weighted by molar-refractivity contribution is 5.98. The van der Waals surface area contributed by atoms with Crippen molar-refractivity contribution < 1.29 is 9.53 Å². The van der Waals surface area contributed by atoms with E-state index in [1.807, 2.05) is 6.07 Å². The molecule has 0 radical (unpaired) electrons. The molecule has 1 saturated carbocycles. The first-order valence-corrected chi connectivity index (χ1v) is 12.3. The summed E-state index contributed by atoms with van der Waals surface area (Å²) in [6, 6.07) is 4.19. The summed E-state index contributed by atoms with van der Waals surface area (Å²) in [6.07, 6.45) is 7.99. The van der Waals surface area contributed by atoms with E-state index in [2.05, 4.69) is 35.1 Å². The van der Waals surface area contributed by atoms with E-state index in [1.54, 1.807) is 7.11 Å². The first-order chi connectivity index (χ1) is 16.3. The Kier molecular flexibility index (Phi) is 7.63. The fourth-order valence-corrected chi connectivity index (χ4v) is 4.87. The number of methoxy groups -OCH3 is 1. The van der Waals surface area contributed by atoms with Gasteiger partial charge in [0.25, 0.3) is 5.91 Å². The Morgan fingerprint density at radius 1 is 1.18 bits per heavy atom. The van der Waals surface area contributed by atoms with Crippen LogP contribution in [0.1, 0.15) is 86.0 Å². The average Bonchev–Trinajstić information content (AvgIpc) is 2.83. The van der Waals surface area contributed by atoms with Crippen molar-refractivity contribution in [2.24, 2.45) is 11.5 Å². The van der Waals surface area contributed by atoms with Crippen molar-refractivity contribution in [3.05, 3.63) is 35.3 Å². The van der Waals surface area contributed by atoms with Crippen molar-refractivity contribution >= 4 is 23.4 Å². The second-order valence-electron chi connectivity index (χ2n) is 9.84. The van der Waals surface area contributed by atoms with Crippen LogP contribution >= 0.6 is 0 Å². The van der Waals surface area contributed by atoms with Gasteiger partial charge in [-0.25, -0.2) is 4.98 Å². The minimum Gasteiger partial charge on any atom is -0.381 e. The van der Waals surface area contributed by atoms with Crippen LogP contribution in [0.2, 0.25) is 0 Å². The number of carbonyl (C=O) groups is 1. The molecule has 5 N–H and O–H groups in total. The molecular formula is C25H37N7O2. The Balaban J connectivity index is 1.64. The third-order valence-corrected chi connectivity index (χ3v) is 6.93. The predicted octanol–water partition coefficient (Wildman–Crippen LogP) is 3.44. The lowest BCUT2D eigenvalue weighted by Crippen LogP contribution is -2.43. The maximum atomic E-state index is 12.1. The maximum Gasteiger partial charge on any atom is 0.254 e. The maximum absolute atomic E-state index is 12.1. The standard InChI is InChI=1S/C25H37N7O2/c1-15(2)21-11-18(12-22(30-21)16-6-8-19(34-3)9-7-16)29-24-20(23(27)33)13-28-25(31-24)32-10-4-5-17(26)14-32/h11-13,15-17,19H,4-10,14,26H2,1-3H3,(H2,27,33)(H,28,29,30,31). The number of piperidine rings is 1. The summed E-state index contributed by atoms with van der Waals surface area (Å²) in [5.74, 6) is 1.05. The molecule has 9 heteroatoms. The lowest BCUT2D eigenvalue weighted by atomic mass is 9.84. The minimum atomic E-state index is -0.569. The first-order valence-electron chi connectivity index (χ1n) is 12.3. The molecule has 1 saturated heterocycles. The monoisotopic (exact) mass is 467 g/mol. The van der Waals surface area contributed by atoms with Gasteiger partial charge in [0.15, 0.2) is 0 Å². The second-order valence-corrected chi connectivity index (χ2v) is 9.84. The van der Waals surface area contributed by atoms with Crippen molar-refractivity contribution in [2.45, 2.75) is 76.4 Å². The molecular weight excluding hydrogens is 430 g/mol. The summed E-state index contributed by atoms with van der Waals surface area (Å²) in [5.41, 5.74) is 15.0. The number of aromatic nitrogens is 3. The van der Waals surface area contributed by atoms with E-state index in [4.69, 9.17) is 26.2 Å². The van der Waals surface area contributed by atoms with Crippen LogP contribution < -0.4 is 21.7 Å². The third kappa shape index (κ3) is 5.64. The number of primary amides is 1. The SMILES string of the molecule is COC1CCC(c2cc(Nc3nc(N4CCCC(N)C4)ncc3C(N)=O)cc(C(C)C)n2)CC1. The van der Waals surface area contributed by atoms with E-state index in [0.717, 1.165) is 62.1 Å². The van der Waals surface area contributed by atoms with Crippen molar-refractivity contribution in [3.8, 4) is 0 Å². The molecule has 1 aliphatic heterocycles. The summed E-state index contributed by atoms with van der Waals surface area (Å²) in [5, 5.41) is 3.36. The van der Waals surface area contributed by atoms with Crippen molar-refractivity contribution in [3.63, 3.8) is 0 Å². The number of anilines is 3. The van der Waals surface area contributed by atoms with Crippen LogP contribution in [0, 0.1) is 0 Å². The van der Waals surface area contributed by atoms with Crippen LogP contribution in [-0.2, 0) is 4.74 Å². The van der Waals surface area contributed by atoms with Gasteiger partial charge in [0, 0.05) is 55.4 Å². The lowest BCUT2D eigenvalue weighted by Gasteiger charge is -2.31. The van der Waals surface area contributed by atoms with Gasteiger partial charge in [0.1, 0.15) is 11.4 Å². The first kappa shape index (κ1) is 24.3. The molecule has 0 bridgehead atoms. The summed E-state index contributed by atoms with van der Waals surface area (Å²) in [7, 11) is 1.79. The van der Waals surface area contributed by atoms with E-state index < -0.39 is 5.91 Å². The molecule has 1 aliphatic carbocycles. The molecule has 1 amide bonds. The number of nitrogens with zero attached hydrogens (tertiary/aromatic N) is 4. The topological polar surface area (TPSA) is 132 Å². The number of rotatable bonds is 7. The Morgan fingerprint density at radius 3 is 2.59 bits per heavy atom. The summed E-state index contributed by atoms with van der Waals surface area (Å²) in [6.45, 7) is 5.80. The molecule has 3 heterocycles. The van der Waals surface area contributed by atoms with Gasteiger partial charge < -0.3 is 26.4 Å². The number of carbonyl (C=O) groups excluding carboxylic acids is 1. The molecule has 2 fully saturated rings. The zero-order chi connectivity index (χ0) is 24.2. The number of nitrogens with two attached hydrogens (primary N) is 2. The molecule has 2 aromatic heterocycles. The van der Waals surface area contributed by atoms with Crippen LogP contribution in [0.5, 0.6) is 0 Å². The van der Waals surface area contributed by atoms with Crippen LogP contribution in [0.4, 0.5) is 17.5 Å². The fraction of sp³-hybridized carbons (Fsp3) is 0.600. The van der Waals surface area contributed by atoms with Gasteiger partial charge in [-0.1, -0.05) is 13.8 Å². The van der Waals surface area contributed by atoms with Crippen LogP contribution in [0.25, 0.3) is 0 Å². The average molecular weight is 468 g/mol. The van der Waals surface area contributed by atoms with Crippen molar-refractivity contribution in [2.75, 3.05) is 30.4 Å². The quantitative estimate of drug-likeness (QED) is 0.564. The van der Waals surface area contributed by atoms with Gasteiger partial charge in [-0.15, -0.1) is 0 Å². The van der Waals surface area contributed by atoms with E-state index in [1.165, 1.54) is 6.20 Å². The Morgan fingerprint density at radius 2 is 1.94 bits per heavy atom. The van der Waals surface area contributed by atoms with Gasteiger partial charge in [0.2, 0.25) is 5.95 Å². The molecule has 0 aromatic carbocycles. The van der Waals surface area contributed by atoms with E-state index in [-0.39, 0.29) is 17.5 Å². The van der Waals surface area contributed by atoms with Gasteiger partial charge in [-0.05, 0) is 56.6 Å². The molecule has 1 atom stereocenters. The van der Waals surface area contributed by atoms with E-state index >= 15 is 0 Å². The van der Waals surface area contributed by atoms with Gasteiger partial charge >= 0.3 is 0 Å². The number of amides is 1. The summed E-state index contributed by atoms with van der Waals surface area (Å²) >= 11 is 0. The van der Waals surface area contributed by atoms with Crippen LogP contribution in [0.3, 0.4) is 0 Å². The molecule has 2 aromatic rings. The number of pyridine rings is 1. The van der Waals surface area contributed by atoms with E-state index in [0.29, 0.717) is 30.3 Å².